The number of hydrogen-bond donors (Lipinski definition) is 1. The van der Waals surface area contributed by atoms with Gasteiger partial charge in [-0.25, -0.2) is 0 Å². The zero-order chi connectivity index (χ0) is 15.9. The fourth-order valence-electron chi connectivity index (χ4n) is 2.87. The molecule has 1 rings (SSSR count). The van der Waals surface area contributed by atoms with E-state index in [4.69, 9.17) is 0 Å². The van der Waals surface area contributed by atoms with Gasteiger partial charge >= 0.3 is 0 Å². The van der Waals surface area contributed by atoms with Gasteiger partial charge in [-0.05, 0) is 19.3 Å². The van der Waals surface area contributed by atoms with Crippen LogP contribution in [0.1, 0.15) is 102 Å². The van der Waals surface area contributed by atoms with Crippen LogP contribution in [0.15, 0.2) is 0 Å². The highest BCUT2D eigenvalue weighted by Crippen LogP contribution is 2.25. The maximum absolute atomic E-state index is 10.2. The van der Waals surface area contributed by atoms with Crippen molar-refractivity contribution in [3.05, 3.63) is 5.82 Å². The molecule has 5 nitrogen and oxygen atoms in total. The summed E-state index contributed by atoms with van der Waals surface area (Å²) in [6, 6.07) is 0. The van der Waals surface area contributed by atoms with Crippen LogP contribution in [0.4, 0.5) is 0 Å². The van der Waals surface area contributed by atoms with Crippen molar-refractivity contribution < 1.29 is 4.79 Å². The van der Waals surface area contributed by atoms with E-state index in [0.717, 1.165) is 25.0 Å². The number of rotatable bonds is 15. The molecule has 0 aliphatic heterocycles. The summed E-state index contributed by atoms with van der Waals surface area (Å²) >= 11 is 0. The monoisotopic (exact) mass is 308 g/mol. The van der Waals surface area contributed by atoms with Crippen molar-refractivity contribution in [2.45, 2.75) is 96.3 Å². The Bertz CT molecular complexity index is 354. The SMILES string of the molecule is CCCCC(CCCCCCCCCCC=O)c1nn[nH]n1. The van der Waals surface area contributed by atoms with E-state index >= 15 is 0 Å². The lowest BCUT2D eigenvalue weighted by Crippen LogP contribution is -2.02. The van der Waals surface area contributed by atoms with E-state index < -0.39 is 0 Å². The molecule has 5 heteroatoms. The number of hydrogen-bond acceptors (Lipinski definition) is 4. The van der Waals surface area contributed by atoms with Crippen molar-refractivity contribution in [3.8, 4) is 0 Å². The highest BCUT2D eigenvalue weighted by Gasteiger charge is 2.15. The van der Waals surface area contributed by atoms with Gasteiger partial charge in [0.15, 0.2) is 5.82 Å². The van der Waals surface area contributed by atoms with E-state index in [1.807, 2.05) is 0 Å². The van der Waals surface area contributed by atoms with E-state index in [2.05, 4.69) is 27.5 Å². The second-order valence-corrected chi connectivity index (χ2v) is 6.18. The standard InChI is InChI=1S/C17H32N4O/c1-2-3-13-16(17-18-20-21-19-17)14-11-9-7-5-4-6-8-10-12-15-22/h15-16H,2-14H2,1H3,(H,18,19,20,21). The molecule has 0 aliphatic carbocycles. The zero-order valence-electron chi connectivity index (χ0n) is 14.1. The number of carbonyl (C=O) groups excluding carboxylic acids is 1. The van der Waals surface area contributed by atoms with Crippen LogP contribution in [0, 0.1) is 0 Å². The summed E-state index contributed by atoms with van der Waals surface area (Å²) in [7, 11) is 0. The van der Waals surface area contributed by atoms with Gasteiger partial charge in [0.1, 0.15) is 6.29 Å². The van der Waals surface area contributed by atoms with E-state index in [0.29, 0.717) is 5.92 Å². The minimum atomic E-state index is 0.474. The lowest BCUT2D eigenvalue weighted by molar-refractivity contribution is -0.107. The first-order chi connectivity index (χ1) is 10.9. The smallest absolute Gasteiger partial charge is 0.177 e. The van der Waals surface area contributed by atoms with Crippen LogP contribution in [0.25, 0.3) is 0 Å². The zero-order valence-corrected chi connectivity index (χ0v) is 14.1. The molecule has 0 aliphatic rings. The number of nitrogens with one attached hydrogen (secondary N) is 1. The second-order valence-electron chi connectivity index (χ2n) is 6.18. The Morgan fingerprint density at radius 1 is 0.955 bits per heavy atom. The first kappa shape index (κ1) is 18.8. The maximum atomic E-state index is 10.2. The topological polar surface area (TPSA) is 71.5 Å². The van der Waals surface area contributed by atoms with Crippen LogP contribution in [0.3, 0.4) is 0 Å². The molecule has 126 valence electrons. The number of tetrazole rings is 1. The summed E-state index contributed by atoms with van der Waals surface area (Å²) in [5.74, 6) is 1.37. The van der Waals surface area contributed by atoms with Crippen molar-refractivity contribution in [2.24, 2.45) is 0 Å². The van der Waals surface area contributed by atoms with Crippen LogP contribution < -0.4 is 0 Å². The fraction of sp³-hybridized carbons (Fsp3) is 0.882. The molecule has 0 spiro atoms. The first-order valence-corrected chi connectivity index (χ1v) is 9.05. The van der Waals surface area contributed by atoms with Gasteiger partial charge in [0, 0.05) is 12.3 Å². The predicted octanol–water partition coefficient (Wildman–Crippen LogP) is 4.57. The molecule has 22 heavy (non-hydrogen) atoms. The molecule has 1 unspecified atom stereocenters. The van der Waals surface area contributed by atoms with Crippen molar-refractivity contribution >= 4 is 6.29 Å². The molecule has 0 saturated carbocycles. The molecule has 1 N–H and O–H groups in total. The van der Waals surface area contributed by atoms with E-state index in [-0.39, 0.29) is 0 Å². The molecule has 1 heterocycles. The number of H-pyrrole nitrogens is 1. The number of aromatic amines is 1. The minimum absolute atomic E-state index is 0.474. The van der Waals surface area contributed by atoms with Crippen molar-refractivity contribution in [1.82, 2.24) is 20.6 Å². The molecule has 0 saturated heterocycles. The summed E-state index contributed by atoms with van der Waals surface area (Å²) in [4.78, 5) is 10.2. The highest BCUT2D eigenvalue weighted by atomic mass is 16.1. The average Bonchev–Trinajstić information content (AvgIpc) is 3.06. The van der Waals surface area contributed by atoms with Gasteiger partial charge in [0.25, 0.3) is 0 Å². The van der Waals surface area contributed by atoms with Gasteiger partial charge in [-0.2, -0.15) is 5.21 Å². The number of unbranched alkanes of at least 4 members (excludes halogenated alkanes) is 9. The molecule has 0 amide bonds. The summed E-state index contributed by atoms with van der Waals surface area (Å²) in [6.07, 6.45) is 16.6. The third-order valence-electron chi connectivity index (χ3n) is 4.26. The molecular weight excluding hydrogens is 276 g/mol. The van der Waals surface area contributed by atoms with Gasteiger partial charge in [-0.1, -0.05) is 69.9 Å². The molecule has 0 fully saturated rings. The van der Waals surface area contributed by atoms with Crippen LogP contribution in [-0.4, -0.2) is 26.9 Å². The third kappa shape index (κ3) is 8.90. The normalized spacial score (nSPS) is 12.4. The third-order valence-corrected chi connectivity index (χ3v) is 4.26. The lowest BCUT2D eigenvalue weighted by atomic mass is 9.94. The summed E-state index contributed by atoms with van der Waals surface area (Å²) < 4.78 is 0. The largest absolute Gasteiger partial charge is 0.303 e. The Kier molecular flexibility index (Phi) is 11.4. The Labute approximate surface area is 134 Å². The summed E-state index contributed by atoms with van der Waals surface area (Å²) in [5, 5.41) is 14.6. The summed E-state index contributed by atoms with van der Waals surface area (Å²) in [5.41, 5.74) is 0. The van der Waals surface area contributed by atoms with Crippen LogP contribution in [-0.2, 0) is 4.79 Å². The van der Waals surface area contributed by atoms with E-state index in [1.54, 1.807) is 0 Å². The Balaban J connectivity index is 2.02. The number of nitrogens with zero attached hydrogens (tertiary/aromatic N) is 3. The Morgan fingerprint density at radius 2 is 1.59 bits per heavy atom. The Hall–Kier alpha value is -1.26. The fourth-order valence-corrected chi connectivity index (χ4v) is 2.87. The Morgan fingerprint density at radius 3 is 2.18 bits per heavy atom. The van der Waals surface area contributed by atoms with Crippen molar-refractivity contribution in [2.75, 3.05) is 0 Å². The number of aromatic nitrogens is 4. The van der Waals surface area contributed by atoms with Gasteiger partial charge in [-0.15, -0.1) is 10.2 Å². The van der Waals surface area contributed by atoms with Crippen LogP contribution in [0.5, 0.6) is 0 Å². The van der Waals surface area contributed by atoms with Gasteiger partial charge in [0.2, 0.25) is 0 Å². The van der Waals surface area contributed by atoms with Crippen LogP contribution >= 0.6 is 0 Å². The quantitative estimate of drug-likeness (QED) is 0.380. The molecule has 1 aromatic rings. The van der Waals surface area contributed by atoms with Gasteiger partial charge < -0.3 is 4.79 Å². The van der Waals surface area contributed by atoms with E-state index in [1.165, 1.54) is 70.6 Å². The van der Waals surface area contributed by atoms with Gasteiger partial charge in [-0.3, -0.25) is 0 Å². The molecule has 1 atom stereocenters. The predicted molar refractivity (Wildman–Crippen MR) is 88.7 cm³/mol. The highest BCUT2D eigenvalue weighted by molar-refractivity contribution is 5.48. The van der Waals surface area contributed by atoms with E-state index in [9.17, 15) is 4.79 Å². The average molecular weight is 308 g/mol. The van der Waals surface area contributed by atoms with Crippen molar-refractivity contribution in [3.63, 3.8) is 0 Å². The molecule has 1 aromatic heterocycles. The van der Waals surface area contributed by atoms with Crippen molar-refractivity contribution in [1.29, 1.82) is 0 Å². The van der Waals surface area contributed by atoms with Gasteiger partial charge in [0.05, 0.1) is 0 Å². The molecule has 0 bridgehead atoms. The second kappa shape index (κ2) is 13.4. The summed E-state index contributed by atoms with van der Waals surface area (Å²) in [6.45, 7) is 2.22. The number of carbonyl (C=O) groups is 1. The van der Waals surface area contributed by atoms with Crippen LogP contribution in [0.2, 0.25) is 0 Å². The molecule has 0 radical (unpaired) electrons. The molecular formula is C17H32N4O. The maximum Gasteiger partial charge on any atom is 0.177 e. The molecule has 0 aromatic carbocycles. The number of aldehydes is 1. The lowest BCUT2D eigenvalue weighted by Gasteiger charge is -2.12. The minimum Gasteiger partial charge on any atom is -0.303 e. The first-order valence-electron chi connectivity index (χ1n) is 9.05.